The van der Waals surface area contributed by atoms with Gasteiger partial charge in [0, 0.05) is 5.69 Å². The van der Waals surface area contributed by atoms with E-state index in [2.05, 4.69) is 5.32 Å². The zero-order valence-electron chi connectivity index (χ0n) is 11.3. The van der Waals surface area contributed by atoms with Crippen LogP contribution in [-0.4, -0.2) is 12.0 Å². The van der Waals surface area contributed by atoms with Gasteiger partial charge in [0.1, 0.15) is 5.82 Å². The summed E-state index contributed by atoms with van der Waals surface area (Å²) in [6, 6.07) is 9.54. The Morgan fingerprint density at radius 1 is 1.19 bits per heavy atom. The first-order valence-electron chi connectivity index (χ1n) is 6.24. The van der Waals surface area contributed by atoms with Crippen LogP contribution in [0.25, 0.3) is 0 Å². The Morgan fingerprint density at radius 3 is 2.62 bits per heavy atom. The number of nitrogens with two attached hydrogens (primary N) is 1. The molecule has 0 heterocycles. The standard InChI is InChI=1S/C15H14F2N2O2/c1-9(21-14-5-3-2-4-12(14)17)15(20)19-13-8-10(18)6-7-11(13)16/h2-9H,18H2,1H3,(H,19,20). The number of para-hydroxylation sites is 1. The maximum absolute atomic E-state index is 13.5. The molecule has 0 saturated carbocycles. The number of carbonyl (C=O) groups excluding carboxylic acids is 1. The molecule has 6 heteroatoms. The SMILES string of the molecule is CC(Oc1ccccc1F)C(=O)Nc1cc(N)ccc1F. The first kappa shape index (κ1) is 14.8. The fourth-order valence-corrected chi connectivity index (χ4v) is 1.66. The summed E-state index contributed by atoms with van der Waals surface area (Å²) in [6.45, 7) is 1.44. The van der Waals surface area contributed by atoms with E-state index in [0.29, 0.717) is 5.69 Å². The average molecular weight is 292 g/mol. The molecule has 1 atom stereocenters. The highest BCUT2D eigenvalue weighted by atomic mass is 19.1. The van der Waals surface area contributed by atoms with Gasteiger partial charge in [-0.25, -0.2) is 8.78 Å². The third kappa shape index (κ3) is 3.68. The molecule has 2 aromatic carbocycles. The second kappa shape index (κ2) is 6.21. The second-order valence-corrected chi connectivity index (χ2v) is 4.42. The molecule has 110 valence electrons. The minimum atomic E-state index is -0.997. The average Bonchev–Trinajstić information content (AvgIpc) is 2.45. The summed E-state index contributed by atoms with van der Waals surface area (Å²) < 4.78 is 32.1. The molecular weight excluding hydrogens is 278 g/mol. The lowest BCUT2D eigenvalue weighted by Gasteiger charge is -2.15. The number of anilines is 2. The molecule has 1 amide bonds. The molecule has 0 aliphatic rings. The maximum atomic E-state index is 13.5. The molecule has 0 aromatic heterocycles. The highest BCUT2D eigenvalue weighted by Crippen LogP contribution is 2.20. The van der Waals surface area contributed by atoms with E-state index in [4.69, 9.17) is 10.5 Å². The molecule has 0 spiro atoms. The highest BCUT2D eigenvalue weighted by Gasteiger charge is 2.18. The number of halogens is 2. The number of hydrogen-bond donors (Lipinski definition) is 2. The zero-order valence-corrected chi connectivity index (χ0v) is 11.3. The molecule has 0 fully saturated rings. The summed E-state index contributed by atoms with van der Waals surface area (Å²) in [5.74, 6) is -1.85. The number of carbonyl (C=O) groups is 1. The number of hydrogen-bond acceptors (Lipinski definition) is 3. The minimum Gasteiger partial charge on any atom is -0.478 e. The van der Waals surface area contributed by atoms with Crippen LogP contribution >= 0.6 is 0 Å². The van der Waals surface area contributed by atoms with E-state index in [1.54, 1.807) is 6.07 Å². The lowest BCUT2D eigenvalue weighted by atomic mass is 10.2. The number of benzene rings is 2. The van der Waals surface area contributed by atoms with Crippen molar-refractivity contribution in [2.24, 2.45) is 0 Å². The molecule has 0 aliphatic carbocycles. The smallest absolute Gasteiger partial charge is 0.265 e. The Morgan fingerprint density at radius 2 is 1.90 bits per heavy atom. The van der Waals surface area contributed by atoms with Crippen molar-refractivity contribution in [3.63, 3.8) is 0 Å². The number of ether oxygens (including phenoxy) is 1. The molecule has 3 N–H and O–H groups in total. The van der Waals surface area contributed by atoms with Crippen molar-refractivity contribution in [2.75, 3.05) is 11.1 Å². The topological polar surface area (TPSA) is 64.3 Å². The third-order valence-corrected chi connectivity index (χ3v) is 2.76. The number of nitrogen functional groups attached to an aromatic ring is 1. The molecule has 1 unspecified atom stereocenters. The summed E-state index contributed by atoms with van der Waals surface area (Å²) in [5, 5.41) is 2.35. The van der Waals surface area contributed by atoms with Crippen molar-refractivity contribution >= 4 is 17.3 Å². The second-order valence-electron chi connectivity index (χ2n) is 4.42. The number of amides is 1. The molecule has 4 nitrogen and oxygen atoms in total. The van der Waals surface area contributed by atoms with Crippen LogP contribution in [0.5, 0.6) is 5.75 Å². The van der Waals surface area contributed by atoms with E-state index in [1.165, 1.54) is 37.3 Å². The van der Waals surface area contributed by atoms with Crippen LogP contribution in [0.1, 0.15) is 6.92 Å². The van der Waals surface area contributed by atoms with Crippen LogP contribution in [0.2, 0.25) is 0 Å². The van der Waals surface area contributed by atoms with Crippen LogP contribution in [0.15, 0.2) is 42.5 Å². The largest absolute Gasteiger partial charge is 0.478 e. The summed E-state index contributed by atoms with van der Waals surface area (Å²) in [5.41, 5.74) is 5.79. The molecule has 0 saturated heterocycles. The van der Waals surface area contributed by atoms with Crippen molar-refractivity contribution in [2.45, 2.75) is 13.0 Å². The maximum Gasteiger partial charge on any atom is 0.265 e. The van der Waals surface area contributed by atoms with Crippen molar-refractivity contribution in [1.29, 1.82) is 0 Å². The highest BCUT2D eigenvalue weighted by molar-refractivity contribution is 5.94. The third-order valence-electron chi connectivity index (χ3n) is 2.76. The fraction of sp³-hybridized carbons (Fsp3) is 0.133. The van der Waals surface area contributed by atoms with Crippen LogP contribution in [0.4, 0.5) is 20.2 Å². The number of nitrogens with one attached hydrogen (secondary N) is 1. The predicted octanol–water partition coefficient (Wildman–Crippen LogP) is 2.95. The van der Waals surface area contributed by atoms with Gasteiger partial charge in [0.05, 0.1) is 5.69 Å². The van der Waals surface area contributed by atoms with Crippen molar-refractivity contribution < 1.29 is 18.3 Å². The van der Waals surface area contributed by atoms with E-state index >= 15 is 0 Å². The van der Waals surface area contributed by atoms with Crippen LogP contribution in [0.3, 0.4) is 0 Å². The Balaban J connectivity index is 2.06. The van der Waals surface area contributed by atoms with Crippen molar-refractivity contribution in [3.8, 4) is 5.75 Å². The van der Waals surface area contributed by atoms with Crippen LogP contribution in [-0.2, 0) is 4.79 Å². The summed E-state index contributed by atoms with van der Waals surface area (Å²) in [6.07, 6.45) is -0.997. The van der Waals surface area contributed by atoms with Crippen molar-refractivity contribution in [3.05, 3.63) is 54.1 Å². The first-order valence-corrected chi connectivity index (χ1v) is 6.24. The zero-order chi connectivity index (χ0) is 15.4. The Labute approximate surface area is 120 Å². The van der Waals surface area contributed by atoms with Gasteiger partial charge >= 0.3 is 0 Å². The van der Waals surface area contributed by atoms with Gasteiger partial charge in [-0.3, -0.25) is 4.79 Å². The van der Waals surface area contributed by atoms with Crippen LogP contribution < -0.4 is 15.8 Å². The number of rotatable bonds is 4. The van der Waals surface area contributed by atoms with Gasteiger partial charge in [-0.05, 0) is 37.3 Å². The van der Waals surface area contributed by atoms with Gasteiger partial charge in [0.2, 0.25) is 0 Å². The quantitative estimate of drug-likeness (QED) is 0.852. The minimum absolute atomic E-state index is 0.0480. The van der Waals surface area contributed by atoms with Gasteiger partial charge in [0.15, 0.2) is 17.7 Å². The summed E-state index contributed by atoms with van der Waals surface area (Å²) in [4.78, 5) is 11.9. The van der Waals surface area contributed by atoms with E-state index < -0.39 is 23.6 Å². The lowest BCUT2D eigenvalue weighted by molar-refractivity contribution is -0.122. The van der Waals surface area contributed by atoms with Crippen molar-refractivity contribution in [1.82, 2.24) is 0 Å². The fourth-order valence-electron chi connectivity index (χ4n) is 1.66. The normalized spacial score (nSPS) is 11.8. The molecule has 2 rings (SSSR count). The molecular formula is C15H14F2N2O2. The van der Waals surface area contributed by atoms with Gasteiger partial charge in [-0.1, -0.05) is 12.1 Å². The molecule has 21 heavy (non-hydrogen) atoms. The molecule has 0 radical (unpaired) electrons. The molecule has 0 bridgehead atoms. The summed E-state index contributed by atoms with van der Waals surface area (Å²) in [7, 11) is 0. The van der Waals surface area contributed by atoms with Crippen LogP contribution in [0, 0.1) is 11.6 Å². The molecule has 0 aliphatic heterocycles. The lowest BCUT2D eigenvalue weighted by Crippen LogP contribution is -2.30. The Kier molecular flexibility index (Phi) is 4.37. The van der Waals surface area contributed by atoms with Gasteiger partial charge in [-0.2, -0.15) is 0 Å². The van der Waals surface area contributed by atoms with E-state index in [-0.39, 0.29) is 11.4 Å². The monoisotopic (exact) mass is 292 g/mol. The van der Waals surface area contributed by atoms with Gasteiger partial charge in [0.25, 0.3) is 5.91 Å². The summed E-state index contributed by atoms with van der Waals surface area (Å²) >= 11 is 0. The molecule has 2 aromatic rings. The first-order chi connectivity index (χ1) is 9.97. The Hall–Kier alpha value is -2.63. The van der Waals surface area contributed by atoms with Gasteiger partial charge < -0.3 is 15.8 Å². The Bertz CT molecular complexity index is 662. The van der Waals surface area contributed by atoms with E-state index in [1.807, 2.05) is 0 Å². The predicted molar refractivity (Wildman–Crippen MR) is 75.9 cm³/mol. The van der Waals surface area contributed by atoms with E-state index in [0.717, 1.165) is 6.07 Å². The van der Waals surface area contributed by atoms with Gasteiger partial charge in [-0.15, -0.1) is 0 Å². The van der Waals surface area contributed by atoms with E-state index in [9.17, 15) is 13.6 Å².